The number of nitrogens with two attached hydrogens (primary N) is 1. The molecule has 1 unspecified atom stereocenters. The number of anilines is 2. The minimum atomic E-state index is -0.0644. The van der Waals surface area contributed by atoms with Gasteiger partial charge in [-0.05, 0) is 19.1 Å². The van der Waals surface area contributed by atoms with Crippen molar-refractivity contribution in [1.82, 2.24) is 0 Å². The summed E-state index contributed by atoms with van der Waals surface area (Å²) in [6.45, 7) is 7.59. The van der Waals surface area contributed by atoms with Gasteiger partial charge in [-0.2, -0.15) is 0 Å². The summed E-state index contributed by atoms with van der Waals surface area (Å²) in [4.78, 5) is 4.35. The second-order valence-corrected chi connectivity index (χ2v) is 3.63. The molecule has 0 saturated heterocycles. The standard InChI is InChI=1S/C12H17N3/c1-3-9-15-11-8-6-5-7-10(11)14(4-2)12(15)13/h3,5-8,12H,1,4,9,13H2,2H3. The normalized spacial score (nSPS) is 19.2. The van der Waals surface area contributed by atoms with Crippen LogP contribution in [-0.4, -0.2) is 19.4 Å². The molecule has 0 amide bonds. The third kappa shape index (κ3) is 1.49. The Hall–Kier alpha value is -1.48. The molecule has 1 heterocycles. The minimum Gasteiger partial charge on any atom is -0.338 e. The summed E-state index contributed by atoms with van der Waals surface area (Å²) >= 11 is 0. The van der Waals surface area contributed by atoms with Gasteiger partial charge < -0.3 is 9.80 Å². The zero-order valence-electron chi connectivity index (χ0n) is 9.06. The molecule has 0 saturated carbocycles. The molecule has 80 valence electrons. The summed E-state index contributed by atoms with van der Waals surface area (Å²) in [5, 5.41) is 0. The Morgan fingerprint density at radius 3 is 2.47 bits per heavy atom. The lowest BCUT2D eigenvalue weighted by atomic mass is 10.2. The molecule has 0 spiro atoms. The number of rotatable bonds is 3. The first kappa shape index (κ1) is 10.1. The molecule has 15 heavy (non-hydrogen) atoms. The molecule has 1 aliphatic rings. The van der Waals surface area contributed by atoms with Gasteiger partial charge in [-0.25, -0.2) is 0 Å². The maximum atomic E-state index is 6.17. The smallest absolute Gasteiger partial charge is 0.155 e. The van der Waals surface area contributed by atoms with Crippen molar-refractivity contribution in [3.05, 3.63) is 36.9 Å². The van der Waals surface area contributed by atoms with Crippen LogP contribution in [0.3, 0.4) is 0 Å². The lowest BCUT2D eigenvalue weighted by molar-refractivity contribution is 0.629. The van der Waals surface area contributed by atoms with E-state index in [4.69, 9.17) is 5.73 Å². The van der Waals surface area contributed by atoms with Crippen molar-refractivity contribution in [3.8, 4) is 0 Å². The number of fused-ring (bicyclic) bond motifs is 1. The number of hydrogen-bond acceptors (Lipinski definition) is 3. The Kier molecular flexibility index (Phi) is 2.64. The topological polar surface area (TPSA) is 32.5 Å². The third-order valence-corrected chi connectivity index (χ3v) is 2.81. The Bertz CT molecular complexity index is 362. The van der Waals surface area contributed by atoms with E-state index >= 15 is 0 Å². The predicted molar refractivity (Wildman–Crippen MR) is 65.0 cm³/mol. The highest BCUT2D eigenvalue weighted by Gasteiger charge is 2.30. The zero-order valence-corrected chi connectivity index (χ0v) is 9.06. The first-order chi connectivity index (χ1) is 7.29. The van der Waals surface area contributed by atoms with E-state index in [0.29, 0.717) is 0 Å². The van der Waals surface area contributed by atoms with Crippen molar-refractivity contribution in [2.75, 3.05) is 22.9 Å². The van der Waals surface area contributed by atoms with Crippen LogP contribution in [0.25, 0.3) is 0 Å². The second-order valence-electron chi connectivity index (χ2n) is 3.63. The SMILES string of the molecule is C=CCN1c2ccccc2N(CC)C1N. The van der Waals surface area contributed by atoms with Crippen LogP contribution in [0.2, 0.25) is 0 Å². The predicted octanol–water partition coefficient (Wildman–Crippen LogP) is 1.76. The van der Waals surface area contributed by atoms with Crippen LogP contribution in [0.15, 0.2) is 36.9 Å². The lowest BCUT2D eigenvalue weighted by Crippen LogP contribution is -2.50. The largest absolute Gasteiger partial charge is 0.338 e. The van der Waals surface area contributed by atoms with E-state index < -0.39 is 0 Å². The number of benzene rings is 1. The molecule has 0 aliphatic carbocycles. The fraction of sp³-hybridized carbons (Fsp3) is 0.333. The minimum absolute atomic E-state index is 0.0644. The van der Waals surface area contributed by atoms with Crippen LogP contribution in [0, 0.1) is 0 Å². The van der Waals surface area contributed by atoms with E-state index in [-0.39, 0.29) is 6.29 Å². The third-order valence-electron chi connectivity index (χ3n) is 2.81. The first-order valence-electron chi connectivity index (χ1n) is 5.28. The van der Waals surface area contributed by atoms with Crippen molar-refractivity contribution >= 4 is 11.4 Å². The molecule has 0 aromatic heterocycles. The fourth-order valence-electron chi connectivity index (χ4n) is 2.11. The van der Waals surface area contributed by atoms with Gasteiger partial charge in [-0.1, -0.05) is 18.2 Å². The molecule has 1 aromatic rings. The Morgan fingerprint density at radius 1 is 1.33 bits per heavy atom. The Labute approximate surface area is 90.8 Å². The molecule has 0 fully saturated rings. The maximum absolute atomic E-state index is 6.17. The average molecular weight is 203 g/mol. The van der Waals surface area contributed by atoms with E-state index in [0.717, 1.165) is 13.1 Å². The molecular weight excluding hydrogens is 186 g/mol. The Morgan fingerprint density at radius 2 is 1.93 bits per heavy atom. The molecule has 1 aliphatic heterocycles. The van der Waals surface area contributed by atoms with Crippen LogP contribution in [0.1, 0.15) is 6.92 Å². The van der Waals surface area contributed by atoms with Gasteiger partial charge in [0, 0.05) is 13.1 Å². The van der Waals surface area contributed by atoms with Crippen LogP contribution in [0.4, 0.5) is 11.4 Å². The molecular formula is C12H17N3. The van der Waals surface area contributed by atoms with Gasteiger partial charge in [0.05, 0.1) is 11.4 Å². The molecule has 2 N–H and O–H groups in total. The molecule has 3 nitrogen and oxygen atoms in total. The van der Waals surface area contributed by atoms with Crippen LogP contribution in [0.5, 0.6) is 0 Å². The van der Waals surface area contributed by atoms with E-state index in [9.17, 15) is 0 Å². The molecule has 0 bridgehead atoms. The highest BCUT2D eigenvalue weighted by molar-refractivity contribution is 5.77. The zero-order chi connectivity index (χ0) is 10.8. The number of para-hydroxylation sites is 2. The second kappa shape index (κ2) is 3.95. The van der Waals surface area contributed by atoms with E-state index in [1.165, 1.54) is 11.4 Å². The molecule has 0 radical (unpaired) electrons. The summed E-state index contributed by atoms with van der Waals surface area (Å²) in [6.07, 6.45) is 1.82. The van der Waals surface area contributed by atoms with E-state index in [1.807, 2.05) is 18.2 Å². The molecule has 2 rings (SSSR count). The number of nitrogens with zero attached hydrogens (tertiary/aromatic N) is 2. The van der Waals surface area contributed by atoms with E-state index in [2.05, 4.69) is 35.4 Å². The van der Waals surface area contributed by atoms with Crippen molar-refractivity contribution in [2.45, 2.75) is 13.2 Å². The monoisotopic (exact) mass is 203 g/mol. The van der Waals surface area contributed by atoms with Crippen LogP contribution < -0.4 is 15.5 Å². The highest BCUT2D eigenvalue weighted by atomic mass is 15.5. The molecule has 1 atom stereocenters. The summed E-state index contributed by atoms with van der Waals surface area (Å²) in [7, 11) is 0. The van der Waals surface area contributed by atoms with Crippen molar-refractivity contribution in [3.63, 3.8) is 0 Å². The van der Waals surface area contributed by atoms with Gasteiger partial charge in [-0.15, -0.1) is 6.58 Å². The summed E-state index contributed by atoms with van der Waals surface area (Å²) < 4.78 is 0. The molecule has 3 heteroatoms. The average Bonchev–Trinajstić information content (AvgIpc) is 2.53. The maximum Gasteiger partial charge on any atom is 0.155 e. The highest BCUT2D eigenvalue weighted by Crippen LogP contribution is 2.37. The summed E-state index contributed by atoms with van der Waals surface area (Å²) in [6, 6.07) is 8.31. The Balaban J connectivity index is 2.41. The summed E-state index contributed by atoms with van der Waals surface area (Å²) in [5.74, 6) is 0. The van der Waals surface area contributed by atoms with Crippen LogP contribution in [-0.2, 0) is 0 Å². The van der Waals surface area contributed by atoms with Gasteiger partial charge in [0.2, 0.25) is 0 Å². The van der Waals surface area contributed by atoms with Gasteiger partial charge in [0.1, 0.15) is 0 Å². The van der Waals surface area contributed by atoms with Crippen molar-refractivity contribution in [2.24, 2.45) is 5.73 Å². The summed E-state index contributed by atoms with van der Waals surface area (Å²) in [5.41, 5.74) is 8.59. The quantitative estimate of drug-likeness (QED) is 0.760. The van der Waals surface area contributed by atoms with Gasteiger partial charge in [-0.3, -0.25) is 5.73 Å². The van der Waals surface area contributed by atoms with Crippen molar-refractivity contribution < 1.29 is 0 Å². The van der Waals surface area contributed by atoms with Crippen molar-refractivity contribution in [1.29, 1.82) is 0 Å². The first-order valence-corrected chi connectivity index (χ1v) is 5.28. The van der Waals surface area contributed by atoms with E-state index in [1.54, 1.807) is 0 Å². The van der Waals surface area contributed by atoms with Gasteiger partial charge in [0.25, 0.3) is 0 Å². The number of hydrogen-bond donors (Lipinski definition) is 1. The van der Waals surface area contributed by atoms with Gasteiger partial charge >= 0.3 is 0 Å². The lowest BCUT2D eigenvalue weighted by Gasteiger charge is -2.27. The van der Waals surface area contributed by atoms with Crippen LogP contribution >= 0.6 is 0 Å². The van der Waals surface area contributed by atoms with Gasteiger partial charge in [0.15, 0.2) is 6.29 Å². The molecule has 1 aromatic carbocycles. The fourth-order valence-corrected chi connectivity index (χ4v) is 2.11.